The van der Waals surface area contributed by atoms with Crippen molar-refractivity contribution >= 4 is 34.7 Å². The first kappa shape index (κ1) is 20.4. The van der Waals surface area contributed by atoms with Crippen LogP contribution in [0.4, 0.5) is 5.82 Å². The highest BCUT2D eigenvalue weighted by Crippen LogP contribution is 2.34. The molecular weight excluding hydrogens is 393 g/mol. The summed E-state index contributed by atoms with van der Waals surface area (Å²) in [5.41, 5.74) is 3.32. The molecule has 2 aromatic heterocycles. The number of hydrogen-bond acceptors (Lipinski definition) is 4. The van der Waals surface area contributed by atoms with E-state index in [1.54, 1.807) is 18.3 Å². The fraction of sp³-hybridized carbons (Fsp3) is 0.381. The molecule has 1 aromatic carbocycles. The Labute approximate surface area is 175 Å². The molecule has 0 saturated carbocycles. The van der Waals surface area contributed by atoms with Crippen molar-refractivity contribution in [2.45, 2.75) is 40.0 Å². The van der Waals surface area contributed by atoms with Gasteiger partial charge in [-0.25, -0.2) is 9.97 Å². The maximum Gasteiger partial charge on any atom is 0.165 e. The van der Waals surface area contributed by atoms with Crippen LogP contribution in [-0.4, -0.2) is 27.5 Å². The third-order valence-corrected chi connectivity index (χ3v) is 5.12. The van der Waals surface area contributed by atoms with Crippen LogP contribution in [0.25, 0.3) is 16.9 Å². The normalized spacial score (nSPS) is 11.0. The third kappa shape index (κ3) is 3.80. The van der Waals surface area contributed by atoms with Gasteiger partial charge in [0.15, 0.2) is 11.3 Å². The quantitative estimate of drug-likeness (QED) is 0.491. The lowest BCUT2D eigenvalue weighted by molar-refractivity contribution is 0.725. The Hall–Kier alpha value is -2.29. The molecule has 0 atom stereocenters. The van der Waals surface area contributed by atoms with Gasteiger partial charge in [0.2, 0.25) is 0 Å². The Morgan fingerprint density at radius 3 is 2.39 bits per heavy atom. The van der Waals surface area contributed by atoms with Crippen LogP contribution in [-0.2, 0) is 6.42 Å². The number of aryl methyl sites for hydroxylation is 1. The van der Waals surface area contributed by atoms with E-state index in [9.17, 15) is 5.26 Å². The van der Waals surface area contributed by atoms with Crippen LogP contribution >= 0.6 is 23.2 Å². The summed E-state index contributed by atoms with van der Waals surface area (Å²) in [6, 6.07) is 7.44. The fourth-order valence-electron chi connectivity index (χ4n) is 3.43. The van der Waals surface area contributed by atoms with E-state index in [1.807, 2.05) is 10.5 Å². The summed E-state index contributed by atoms with van der Waals surface area (Å²) >= 11 is 12.5. The van der Waals surface area contributed by atoms with Crippen LogP contribution in [0.1, 0.15) is 45.0 Å². The zero-order valence-electron chi connectivity index (χ0n) is 16.3. The molecule has 7 heteroatoms. The second-order valence-electron chi connectivity index (χ2n) is 6.63. The number of nitriles is 1. The van der Waals surface area contributed by atoms with Crippen LogP contribution in [0.5, 0.6) is 0 Å². The van der Waals surface area contributed by atoms with Crippen LogP contribution < -0.4 is 4.90 Å². The number of halogens is 2. The smallest absolute Gasteiger partial charge is 0.165 e. The molecule has 0 aliphatic carbocycles. The molecule has 0 aliphatic rings. The van der Waals surface area contributed by atoms with Crippen LogP contribution in [0.3, 0.4) is 0 Å². The third-order valence-electron chi connectivity index (χ3n) is 4.57. The Balaban J connectivity index is 2.34. The van der Waals surface area contributed by atoms with Crippen molar-refractivity contribution in [3.63, 3.8) is 0 Å². The topological polar surface area (TPSA) is 57.2 Å². The number of nitrogens with zero attached hydrogens (tertiary/aromatic N) is 5. The number of benzene rings is 1. The van der Waals surface area contributed by atoms with Crippen LogP contribution in [0, 0.1) is 11.3 Å². The number of fused-ring (bicyclic) bond motifs is 1. The van der Waals surface area contributed by atoms with E-state index in [1.165, 1.54) is 0 Å². The number of anilines is 1. The minimum atomic E-state index is 0.322. The standard InChI is InChI=1S/C21H23Cl2N5/c1-4-9-27(10-5-2)21-18(6-3)26-20-19(25-15(12-24)13-28(20)21)16-8-7-14(22)11-17(16)23/h7-8,11,13H,4-6,9-10H2,1-3H3. The van der Waals surface area contributed by atoms with E-state index in [0.717, 1.165) is 43.9 Å². The summed E-state index contributed by atoms with van der Waals surface area (Å²) in [5, 5.41) is 10.6. The molecule has 0 fully saturated rings. The summed E-state index contributed by atoms with van der Waals surface area (Å²) in [7, 11) is 0. The molecule has 0 N–H and O–H groups in total. The maximum atomic E-state index is 9.57. The molecule has 0 spiro atoms. The van der Waals surface area contributed by atoms with Gasteiger partial charge in [0.1, 0.15) is 17.6 Å². The lowest BCUT2D eigenvalue weighted by Crippen LogP contribution is -2.27. The van der Waals surface area contributed by atoms with Gasteiger partial charge in [-0.1, -0.05) is 44.0 Å². The van der Waals surface area contributed by atoms with E-state index in [0.29, 0.717) is 32.6 Å². The van der Waals surface area contributed by atoms with Gasteiger partial charge in [0, 0.05) is 29.9 Å². The van der Waals surface area contributed by atoms with Crippen molar-refractivity contribution in [3.8, 4) is 17.3 Å². The van der Waals surface area contributed by atoms with Gasteiger partial charge in [0.25, 0.3) is 0 Å². The van der Waals surface area contributed by atoms with Crippen molar-refractivity contribution in [1.29, 1.82) is 5.26 Å². The van der Waals surface area contributed by atoms with E-state index < -0.39 is 0 Å². The van der Waals surface area contributed by atoms with Gasteiger partial charge in [-0.2, -0.15) is 5.26 Å². The number of aromatic nitrogens is 3. The first-order chi connectivity index (χ1) is 13.5. The maximum absolute atomic E-state index is 9.57. The minimum absolute atomic E-state index is 0.322. The Morgan fingerprint density at radius 2 is 1.82 bits per heavy atom. The first-order valence-electron chi connectivity index (χ1n) is 9.56. The second kappa shape index (κ2) is 8.81. The highest BCUT2D eigenvalue weighted by Gasteiger charge is 2.22. The fourth-order valence-corrected chi connectivity index (χ4v) is 3.93. The Morgan fingerprint density at radius 1 is 1.11 bits per heavy atom. The van der Waals surface area contributed by atoms with Crippen molar-refractivity contribution in [2.24, 2.45) is 0 Å². The predicted molar refractivity (Wildman–Crippen MR) is 115 cm³/mol. The first-order valence-corrected chi connectivity index (χ1v) is 10.3. The van der Waals surface area contributed by atoms with E-state index in [-0.39, 0.29) is 0 Å². The van der Waals surface area contributed by atoms with Gasteiger partial charge in [0.05, 0.1) is 10.7 Å². The molecule has 28 heavy (non-hydrogen) atoms. The van der Waals surface area contributed by atoms with Crippen LogP contribution in [0.15, 0.2) is 24.4 Å². The van der Waals surface area contributed by atoms with Crippen LogP contribution in [0.2, 0.25) is 10.0 Å². The van der Waals surface area contributed by atoms with E-state index in [2.05, 4.69) is 36.7 Å². The van der Waals surface area contributed by atoms with Gasteiger partial charge in [-0.3, -0.25) is 4.40 Å². The lowest BCUT2D eigenvalue weighted by atomic mass is 10.1. The minimum Gasteiger partial charge on any atom is -0.356 e. The van der Waals surface area contributed by atoms with Crippen molar-refractivity contribution in [2.75, 3.05) is 18.0 Å². The van der Waals surface area contributed by atoms with Gasteiger partial charge in [-0.15, -0.1) is 0 Å². The lowest BCUT2D eigenvalue weighted by Gasteiger charge is -2.24. The molecule has 0 radical (unpaired) electrons. The molecule has 146 valence electrons. The zero-order valence-corrected chi connectivity index (χ0v) is 17.8. The SMILES string of the molecule is CCCN(CCC)c1c(CC)nc2c(-c3ccc(Cl)cc3Cl)nc(C#N)cn12. The largest absolute Gasteiger partial charge is 0.356 e. The predicted octanol–water partition coefficient (Wildman–Crippen LogP) is 5.76. The molecule has 0 saturated heterocycles. The highest BCUT2D eigenvalue weighted by molar-refractivity contribution is 6.36. The average molecular weight is 416 g/mol. The molecular formula is C21H23Cl2N5. The summed E-state index contributed by atoms with van der Waals surface area (Å²) in [6.45, 7) is 8.28. The van der Waals surface area contributed by atoms with Crippen molar-refractivity contribution in [1.82, 2.24) is 14.4 Å². The number of imidazole rings is 1. The molecule has 3 rings (SSSR count). The average Bonchev–Trinajstić information content (AvgIpc) is 3.05. The monoisotopic (exact) mass is 415 g/mol. The summed E-state index contributed by atoms with van der Waals surface area (Å²) < 4.78 is 2.00. The number of hydrogen-bond donors (Lipinski definition) is 0. The number of rotatable bonds is 7. The highest BCUT2D eigenvalue weighted by atomic mass is 35.5. The van der Waals surface area contributed by atoms with E-state index in [4.69, 9.17) is 28.2 Å². The van der Waals surface area contributed by atoms with Crippen molar-refractivity contribution in [3.05, 3.63) is 45.8 Å². The van der Waals surface area contributed by atoms with E-state index >= 15 is 0 Å². The Bertz CT molecular complexity index is 1030. The Kier molecular flexibility index (Phi) is 6.43. The van der Waals surface area contributed by atoms with Crippen molar-refractivity contribution < 1.29 is 0 Å². The summed E-state index contributed by atoms with van der Waals surface area (Å²) in [6.07, 6.45) is 4.62. The molecule has 3 aromatic rings. The molecule has 5 nitrogen and oxygen atoms in total. The second-order valence-corrected chi connectivity index (χ2v) is 7.47. The van der Waals surface area contributed by atoms with Gasteiger partial charge >= 0.3 is 0 Å². The molecule has 0 unspecified atom stereocenters. The zero-order chi connectivity index (χ0) is 20.3. The van der Waals surface area contributed by atoms with Gasteiger partial charge < -0.3 is 4.90 Å². The summed E-state index contributed by atoms with van der Waals surface area (Å²) in [4.78, 5) is 11.8. The molecule has 0 bridgehead atoms. The molecule has 0 amide bonds. The van der Waals surface area contributed by atoms with Gasteiger partial charge in [-0.05, 0) is 37.5 Å². The molecule has 0 aliphatic heterocycles. The molecule has 2 heterocycles. The summed E-state index contributed by atoms with van der Waals surface area (Å²) in [5.74, 6) is 1.03.